The Labute approximate surface area is 96.2 Å². The monoisotopic (exact) mass is 222 g/mol. The van der Waals surface area contributed by atoms with Gasteiger partial charge in [-0.2, -0.15) is 0 Å². The molecule has 0 heterocycles. The molecule has 3 heteroatoms. The molecule has 16 heavy (non-hydrogen) atoms. The van der Waals surface area contributed by atoms with Gasteiger partial charge in [0.15, 0.2) is 0 Å². The van der Waals surface area contributed by atoms with E-state index in [2.05, 4.69) is 4.90 Å². The van der Waals surface area contributed by atoms with E-state index in [1.165, 1.54) is 37.8 Å². The zero-order valence-electron chi connectivity index (χ0n) is 9.75. The third-order valence-corrected chi connectivity index (χ3v) is 3.50. The van der Waals surface area contributed by atoms with E-state index in [0.717, 1.165) is 18.2 Å². The average Bonchev–Trinajstić information content (AvgIpc) is 2.19. The van der Waals surface area contributed by atoms with Crippen molar-refractivity contribution in [3.8, 4) is 0 Å². The van der Waals surface area contributed by atoms with Crippen molar-refractivity contribution in [1.29, 1.82) is 0 Å². The summed E-state index contributed by atoms with van der Waals surface area (Å²) >= 11 is 0. The van der Waals surface area contributed by atoms with Gasteiger partial charge in [-0.15, -0.1) is 0 Å². The first-order valence-corrected chi connectivity index (χ1v) is 5.93. The summed E-state index contributed by atoms with van der Waals surface area (Å²) in [7, 11) is 1.98. The van der Waals surface area contributed by atoms with Crippen molar-refractivity contribution >= 4 is 11.4 Å². The molecule has 2 rings (SSSR count). The lowest BCUT2D eigenvalue weighted by molar-refractivity contribution is 0.299. The van der Waals surface area contributed by atoms with Crippen LogP contribution in [0.5, 0.6) is 0 Å². The maximum absolute atomic E-state index is 13.1. The zero-order chi connectivity index (χ0) is 11.5. The predicted molar refractivity (Wildman–Crippen MR) is 66.0 cm³/mol. The van der Waals surface area contributed by atoms with Gasteiger partial charge in [-0.05, 0) is 30.5 Å². The van der Waals surface area contributed by atoms with Gasteiger partial charge in [-0.3, -0.25) is 0 Å². The summed E-state index contributed by atoms with van der Waals surface area (Å²) in [6.45, 7) is 0.957. The SMILES string of the molecule is CN(CCC1CCC1)c1cc(F)ccc1N. The quantitative estimate of drug-likeness (QED) is 0.793. The highest BCUT2D eigenvalue weighted by atomic mass is 19.1. The molecule has 0 amide bonds. The molecule has 1 aromatic carbocycles. The van der Waals surface area contributed by atoms with Gasteiger partial charge in [0.05, 0.1) is 11.4 Å². The van der Waals surface area contributed by atoms with Crippen molar-refractivity contribution in [2.45, 2.75) is 25.7 Å². The lowest BCUT2D eigenvalue weighted by Crippen LogP contribution is -2.24. The topological polar surface area (TPSA) is 29.3 Å². The summed E-state index contributed by atoms with van der Waals surface area (Å²) in [6.07, 6.45) is 5.27. The van der Waals surface area contributed by atoms with Gasteiger partial charge >= 0.3 is 0 Å². The number of rotatable bonds is 4. The standard InChI is InChI=1S/C13H19FN2/c1-16(8-7-10-3-2-4-10)13-9-11(14)5-6-12(13)15/h5-6,9-10H,2-4,7-8,15H2,1H3. The second-order valence-corrected chi connectivity index (χ2v) is 4.71. The molecule has 0 radical (unpaired) electrons. The van der Waals surface area contributed by atoms with Gasteiger partial charge in [0.2, 0.25) is 0 Å². The summed E-state index contributed by atoms with van der Waals surface area (Å²) in [5.41, 5.74) is 7.29. The van der Waals surface area contributed by atoms with Crippen LogP contribution in [0, 0.1) is 11.7 Å². The molecule has 0 spiro atoms. The lowest BCUT2D eigenvalue weighted by Gasteiger charge is -2.29. The second-order valence-electron chi connectivity index (χ2n) is 4.71. The fraction of sp³-hybridized carbons (Fsp3) is 0.538. The molecule has 0 atom stereocenters. The van der Waals surface area contributed by atoms with Crippen molar-refractivity contribution in [2.24, 2.45) is 5.92 Å². The molecule has 0 bridgehead atoms. The van der Waals surface area contributed by atoms with Crippen molar-refractivity contribution in [3.63, 3.8) is 0 Å². The number of nitrogens with zero attached hydrogens (tertiary/aromatic N) is 1. The predicted octanol–water partition coefficient (Wildman–Crippen LogP) is 3.03. The summed E-state index contributed by atoms with van der Waals surface area (Å²) in [5.74, 6) is 0.650. The van der Waals surface area contributed by atoms with Crippen LogP contribution >= 0.6 is 0 Å². The Bertz CT molecular complexity index is 361. The van der Waals surface area contributed by atoms with E-state index >= 15 is 0 Å². The van der Waals surface area contributed by atoms with Crippen LogP contribution in [0.3, 0.4) is 0 Å². The zero-order valence-corrected chi connectivity index (χ0v) is 9.75. The van der Waals surface area contributed by atoms with Gasteiger partial charge in [-0.1, -0.05) is 19.3 Å². The highest BCUT2D eigenvalue weighted by Crippen LogP contribution is 2.30. The summed E-state index contributed by atoms with van der Waals surface area (Å²) in [5, 5.41) is 0. The third kappa shape index (κ3) is 2.46. The third-order valence-electron chi connectivity index (χ3n) is 3.50. The van der Waals surface area contributed by atoms with Crippen molar-refractivity contribution in [1.82, 2.24) is 0 Å². The maximum Gasteiger partial charge on any atom is 0.125 e. The average molecular weight is 222 g/mol. The largest absolute Gasteiger partial charge is 0.397 e. The van der Waals surface area contributed by atoms with E-state index in [4.69, 9.17) is 5.73 Å². The summed E-state index contributed by atoms with van der Waals surface area (Å²) < 4.78 is 13.1. The molecular weight excluding hydrogens is 203 g/mol. The fourth-order valence-corrected chi connectivity index (χ4v) is 2.13. The van der Waals surface area contributed by atoms with Gasteiger partial charge in [-0.25, -0.2) is 4.39 Å². The Hall–Kier alpha value is -1.25. The molecule has 88 valence electrons. The van der Waals surface area contributed by atoms with Gasteiger partial charge in [0.25, 0.3) is 0 Å². The Morgan fingerprint density at radius 2 is 2.19 bits per heavy atom. The van der Waals surface area contributed by atoms with Gasteiger partial charge < -0.3 is 10.6 Å². The second kappa shape index (κ2) is 4.73. The Kier molecular flexibility index (Phi) is 3.32. The molecule has 1 fully saturated rings. The maximum atomic E-state index is 13.1. The van der Waals surface area contributed by atoms with Crippen LogP contribution in [0.15, 0.2) is 18.2 Å². The van der Waals surface area contributed by atoms with E-state index in [9.17, 15) is 4.39 Å². The smallest absolute Gasteiger partial charge is 0.125 e. The Morgan fingerprint density at radius 3 is 2.81 bits per heavy atom. The van der Waals surface area contributed by atoms with E-state index in [1.54, 1.807) is 6.07 Å². The minimum Gasteiger partial charge on any atom is -0.397 e. The first-order valence-electron chi connectivity index (χ1n) is 5.93. The number of halogens is 1. The number of hydrogen-bond donors (Lipinski definition) is 1. The van der Waals surface area contributed by atoms with Crippen LogP contribution in [0.1, 0.15) is 25.7 Å². The van der Waals surface area contributed by atoms with Gasteiger partial charge in [0.1, 0.15) is 5.82 Å². The van der Waals surface area contributed by atoms with Crippen molar-refractivity contribution < 1.29 is 4.39 Å². The molecule has 1 aromatic rings. The van der Waals surface area contributed by atoms with Crippen LogP contribution in [0.2, 0.25) is 0 Å². The molecule has 0 unspecified atom stereocenters. The number of hydrogen-bond acceptors (Lipinski definition) is 2. The number of benzene rings is 1. The van der Waals surface area contributed by atoms with E-state index in [0.29, 0.717) is 5.69 Å². The molecular formula is C13H19FN2. The Morgan fingerprint density at radius 1 is 1.44 bits per heavy atom. The van der Waals surface area contributed by atoms with E-state index in [-0.39, 0.29) is 5.82 Å². The molecule has 0 saturated heterocycles. The van der Waals surface area contributed by atoms with Crippen LogP contribution in [0.4, 0.5) is 15.8 Å². The molecule has 1 saturated carbocycles. The molecule has 1 aliphatic carbocycles. The number of nitrogens with two attached hydrogens (primary N) is 1. The first kappa shape index (κ1) is 11.2. The van der Waals surface area contributed by atoms with Crippen LogP contribution in [-0.2, 0) is 0 Å². The fourth-order valence-electron chi connectivity index (χ4n) is 2.13. The van der Waals surface area contributed by atoms with Crippen molar-refractivity contribution in [3.05, 3.63) is 24.0 Å². The first-order chi connectivity index (χ1) is 7.66. The molecule has 0 aromatic heterocycles. The highest BCUT2D eigenvalue weighted by molar-refractivity contribution is 5.67. The molecule has 2 N–H and O–H groups in total. The van der Waals surface area contributed by atoms with Crippen molar-refractivity contribution in [2.75, 3.05) is 24.2 Å². The van der Waals surface area contributed by atoms with Crippen LogP contribution in [0.25, 0.3) is 0 Å². The minimum absolute atomic E-state index is 0.223. The lowest BCUT2D eigenvalue weighted by atomic mass is 9.83. The van der Waals surface area contributed by atoms with E-state index in [1.807, 2.05) is 7.05 Å². The number of nitrogen functional groups attached to an aromatic ring is 1. The van der Waals surface area contributed by atoms with Crippen LogP contribution in [-0.4, -0.2) is 13.6 Å². The Balaban J connectivity index is 1.95. The minimum atomic E-state index is -0.223. The molecule has 2 nitrogen and oxygen atoms in total. The molecule has 0 aliphatic heterocycles. The van der Waals surface area contributed by atoms with E-state index < -0.39 is 0 Å². The summed E-state index contributed by atoms with van der Waals surface area (Å²) in [6, 6.07) is 4.54. The van der Waals surface area contributed by atoms with Gasteiger partial charge in [0, 0.05) is 13.6 Å². The normalized spacial score (nSPS) is 15.9. The number of anilines is 2. The molecule has 1 aliphatic rings. The summed E-state index contributed by atoms with van der Waals surface area (Å²) in [4.78, 5) is 2.05. The highest BCUT2D eigenvalue weighted by Gasteiger charge is 2.18. The van der Waals surface area contributed by atoms with Crippen LogP contribution < -0.4 is 10.6 Å².